The molecule has 0 radical (unpaired) electrons. The van der Waals surface area contributed by atoms with Crippen molar-refractivity contribution >= 4 is 45.0 Å². The first-order valence-electron chi connectivity index (χ1n) is 10.3. The fourth-order valence-electron chi connectivity index (χ4n) is 3.68. The monoisotopic (exact) mass is 482 g/mol. The van der Waals surface area contributed by atoms with Crippen molar-refractivity contribution in [3.63, 3.8) is 0 Å². The zero-order valence-corrected chi connectivity index (χ0v) is 18.8. The Balaban J connectivity index is 1.31. The standard InChI is InChI=1S/C22H23BrN6O2/c1-28-20-19(31-21(27-28)17-4-2-3-5-18(17)23)14-24-22(26-20)25-15-6-8-16(9-7-15)29-10-12-30-13-11-29/h4-9,14H,2-3,10-13H2,1H3,(H,24,25,26). The highest BCUT2D eigenvalue weighted by Gasteiger charge is 2.25. The van der Waals surface area contributed by atoms with Gasteiger partial charge in [0.05, 0.1) is 19.4 Å². The van der Waals surface area contributed by atoms with Crippen molar-refractivity contribution in [3.8, 4) is 5.75 Å². The van der Waals surface area contributed by atoms with Crippen LogP contribution in [0.25, 0.3) is 0 Å². The maximum absolute atomic E-state index is 6.00. The molecule has 0 bridgehead atoms. The summed E-state index contributed by atoms with van der Waals surface area (Å²) in [5.74, 6) is 2.22. The van der Waals surface area contributed by atoms with Gasteiger partial charge < -0.3 is 19.7 Å². The minimum absolute atomic E-state index is 0.491. The predicted molar refractivity (Wildman–Crippen MR) is 126 cm³/mol. The lowest BCUT2D eigenvalue weighted by molar-refractivity contribution is 0.122. The van der Waals surface area contributed by atoms with Gasteiger partial charge in [0.1, 0.15) is 0 Å². The van der Waals surface area contributed by atoms with Crippen LogP contribution >= 0.6 is 15.9 Å². The van der Waals surface area contributed by atoms with E-state index in [1.54, 1.807) is 11.2 Å². The van der Waals surface area contributed by atoms with Crippen molar-refractivity contribution in [2.75, 3.05) is 48.6 Å². The van der Waals surface area contributed by atoms with E-state index in [4.69, 9.17) is 9.47 Å². The Labute approximate surface area is 189 Å². The summed E-state index contributed by atoms with van der Waals surface area (Å²) < 4.78 is 12.4. The first kappa shape index (κ1) is 20.0. The number of morpholine rings is 1. The van der Waals surface area contributed by atoms with Crippen molar-refractivity contribution < 1.29 is 9.47 Å². The number of anilines is 4. The highest BCUT2D eigenvalue weighted by Crippen LogP contribution is 2.34. The van der Waals surface area contributed by atoms with Crippen LogP contribution in [0.15, 0.2) is 57.8 Å². The number of hydrazone groups is 1. The number of nitrogens with zero attached hydrogens (tertiary/aromatic N) is 5. The highest BCUT2D eigenvalue weighted by molar-refractivity contribution is 9.12. The van der Waals surface area contributed by atoms with E-state index in [0.717, 1.165) is 54.9 Å². The fourth-order valence-corrected chi connectivity index (χ4v) is 4.24. The molecular weight excluding hydrogens is 460 g/mol. The van der Waals surface area contributed by atoms with Crippen LogP contribution < -0.4 is 20.0 Å². The summed E-state index contributed by atoms with van der Waals surface area (Å²) in [5.41, 5.74) is 3.06. The molecule has 0 atom stereocenters. The SMILES string of the molecule is CN1N=C(C2=CCCC=C2Br)Oc2cnc(Nc3ccc(N4CCOCC4)cc3)nc21. The van der Waals surface area contributed by atoms with Gasteiger partial charge in [-0.25, -0.2) is 9.99 Å². The third-order valence-electron chi connectivity index (χ3n) is 5.32. The Bertz CT molecular complexity index is 1060. The molecule has 0 saturated carbocycles. The molecule has 1 fully saturated rings. The molecule has 3 heterocycles. The van der Waals surface area contributed by atoms with Gasteiger partial charge in [-0.2, -0.15) is 4.98 Å². The number of benzene rings is 1. The summed E-state index contributed by atoms with van der Waals surface area (Å²) in [6, 6.07) is 8.26. The third kappa shape index (κ3) is 4.28. The van der Waals surface area contributed by atoms with Gasteiger partial charge in [-0.15, -0.1) is 5.10 Å². The third-order valence-corrected chi connectivity index (χ3v) is 6.07. The molecule has 8 nitrogen and oxygen atoms in total. The fraction of sp³-hybridized carbons (Fsp3) is 0.318. The van der Waals surface area contributed by atoms with Gasteiger partial charge in [0.25, 0.3) is 0 Å². The Morgan fingerprint density at radius 3 is 2.61 bits per heavy atom. The van der Waals surface area contributed by atoms with Crippen LogP contribution in [-0.2, 0) is 4.74 Å². The molecule has 9 heteroatoms. The minimum atomic E-state index is 0.491. The largest absolute Gasteiger partial charge is 0.431 e. The number of ether oxygens (including phenoxy) is 2. The lowest BCUT2D eigenvalue weighted by atomic mass is 10.1. The molecule has 0 unspecified atom stereocenters. The molecule has 1 N–H and O–H groups in total. The summed E-state index contributed by atoms with van der Waals surface area (Å²) in [6.07, 6.45) is 7.91. The maximum atomic E-state index is 6.00. The second-order valence-corrected chi connectivity index (χ2v) is 8.29. The van der Waals surface area contributed by atoms with Crippen LogP contribution in [0, 0.1) is 0 Å². The summed E-state index contributed by atoms with van der Waals surface area (Å²) in [5, 5.41) is 9.55. The highest BCUT2D eigenvalue weighted by atomic mass is 79.9. The van der Waals surface area contributed by atoms with Crippen LogP contribution in [-0.4, -0.2) is 49.2 Å². The lowest BCUT2D eigenvalue weighted by Crippen LogP contribution is -2.36. The summed E-state index contributed by atoms with van der Waals surface area (Å²) in [7, 11) is 1.86. The van der Waals surface area contributed by atoms with E-state index >= 15 is 0 Å². The van der Waals surface area contributed by atoms with E-state index in [1.807, 2.05) is 19.2 Å². The van der Waals surface area contributed by atoms with Gasteiger partial charge in [-0.1, -0.05) is 28.1 Å². The Hall–Kier alpha value is -2.91. The lowest BCUT2D eigenvalue weighted by Gasteiger charge is -2.29. The second-order valence-electron chi connectivity index (χ2n) is 7.43. The van der Waals surface area contributed by atoms with Gasteiger partial charge in [-0.05, 0) is 37.1 Å². The Morgan fingerprint density at radius 2 is 1.84 bits per heavy atom. The van der Waals surface area contributed by atoms with E-state index in [0.29, 0.717) is 23.4 Å². The maximum Gasteiger partial charge on any atom is 0.245 e. The van der Waals surface area contributed by atoms with E-state index in [9.17, 15) is 0 Å². The van der Waals surface area contributed by atoms with Crippen LogP contribution in [0.3, 0.4) is 0 Å². The molecule has 5 rings (SSSR count). The molecule has 0 spiro atoms. The predicted octanol–water partition coefficient (Wildman–Crippen LogP) is 4.20. The normalized spacial score (nSPS) is 18.5. The zero-order valence-electron chi connectivity index (χ0n) is 17.2. The topological polar surface area (TPSA) is 75.1 Å². The van der Waals surface area contributed by atoms with Gasteiger partial charge in [0, 0.05) is 41.6 Å². The molecule has 1 aromatic heterocycles. The molecule has 1 saturated heterocycles. The first-order valence-corrected chi connectivity index (χ1v) is 11.1. The average molecular weight is 483 g/mol. The summed E-state index contributed by atoms with van der Waals surface area (Å²) in [6.45, 7) is 3.37. The quantitative estimate of drug-likeness (QED) is 0.699. The smallest absolute Gasteiger partial charge is 0.245 e. The van der Waals surface area contributed by atoms with Crippen molar-refractivity contribution in [2.24, 2.45) is 5.10 Å². The molecule has 2 aromatic rings. The molecule has 1 aromatic carbocycles. The summed E-state index contributed by atoms with van der Waals surface area (Å²) >= 11 is 3.59. The number of nitrogens with one attached hydrogen (secondary N) is 1. The van der Waals surface area contributed by atoms with Gasteiger partial charge in [0.15, 0.2) is 11.6 Å². The van der Waals surface area contributed by atoms with Gasteiger partial charge in [-0.3, -0.25) is 0 Å². The number of allylic oxidation sites excluding steroid dienone is 2. The van der Waals surface area contributed by atoms with E-state index in [-0.39, 0.29) is 0 Å². The first-order chi connectivity index (χ1) is 15.2. The van der Waals surface area contributed by atoms with E-state index < -0.39 is 0 Å². The molecule has 160 valence electrons. The molecule has 3 aliphatic rings. The van der Waals surface area contributed by atoms with Crippen LogP contribution in [0.2, 0.25) is 0 Å². The molecule has 2 aliphatic heterocycles. The van der Waals surface area contributed by atoms with E-state index in [1.165, 1.54) is 5.69 Å². The second kappa shape index (κ2) is 8.68. The van der Waals surface area contributed by atoms with Crippen LogP contribution in [0.5, 0.6) is 5.75 Å². The molecule has 31 heavy (non-hydrogen) atoms. The number of rotatable bonds is 4. The van der Waals surface area contributed by atoms with E-state index in [2.05, 4.69) is 65.5 Å². The van der Waals surface area contributed by atoms with Gasteiger partial charge >= 0.3 is 0 Å². The van der Waals surface area contributed by atoms with Crippen LogP contribution in [0.4, 0.5) is 23.1 Å². The number of halogens is 1. The van der Waals surface area contributed by atoms with Crippen molar-refractivity contribution in [1.29, 1.82) is 0 Å². The number of fused-ring (bicyclic) bond motifs is 1. The summed E-state index contributed by atoms with van der Waals surface area (Å²) in [4.78, 5) is 11.3. The molecule has 0 amide bonds. The number of hydrogen-bond acceptors (Lipinski definition) is 8. The van der Waals surface area contributed by atoms with Gasteiger partial charge in [0.2, 0.25) is 11.8 Å². The van der Waals surface area contributed by atoms with Crippen molar-refractivity contribution in [1.82, 2.24) is 9.97 Å². The number of hydrogen-bond donors (Lipinski definition) is 1. The van der Waals surface area contributed by atoms with Crippen LogP contribution in [0.1, 0.15) is 12.8 Å². The van der Waals surface area contributed by atoms with Crippen molar-refractivity contribution in [2.45, 2.75) is 12.8 Å². The Morgan fingerprint density at radius 1 is 1.06 bits per heavy atom. The molecule has 1 aliphatic carbocycles. The van der Waals surface area contributed by atoms with Crippen molar-refractivity contribution in [3.05, 3.63) is 52.7 Å². The average Bonchev–Trinajstić information content (AvgIpc) is 2.81. The number of aromatic nitrogens is 2. The molecular formula is C22H23BrN6O2. The minimum Gasteiger partial charge on any atom is -0.431 e. The Kier molecular flexibility index (Phi) is 5.61. The zero-order chi connectivity index (χ0) is 21.2.